The molecule has 0 aliphatic carbocycles. The molecule has 4 heteroatoms. The molecule has 1 atom stereocenters. The van der Waals surface area contributed by atoms with Gasteiger partial charge in [-0.25, -0.2) is 0 Å². The Morgan fingerprint density at radius 3 is 2.71 bits per heavy atom. The summed E-state index contributed by atoms with van der Waals surface area (Å²) in [5, 5.41) is 3.85. The first kappa shape index (κ1) is 14.5. The van der Waals surface area contributed by atoms with Gasteiger partial charge in [0.2, 0.25) is 0 Å². The molecule has 0 spiro atoms. The Bertz CT molecular complexity index is 320. The molecule has 1 rings (SSSR count). The Morgan fingerprint density at radius 1 is 1.29 bits per heavy atom. The number of rotatable bonds is 8. The molecule has 0 fully saturated rings. The van der Waals surface area contributed by atoms with Crippen molar-refractivity contribution in [1.82, 2.24) is 5.32 Å². The zero-order valence-corrected chi connectivity index (χ0v) is 11.2. The van der Waals surface area contributed by atoms with Crippen LogP contribution in [0.25, 0.3) is 0 Å². The van der Waals surface area contributed by atoms with Gasteiger partial charge in [-0.3, -0.25) is 0 Å². The number of nitrogens with one attached hydrogen (secondary N) is 1. The van der Waals surface area contributed by atoms with Gasteiger partial charge in [0.05, 0.1) is 19.3 Å². The van der Waals surface area contributed by atoms with Crippen molar-refractivity contribution < 1.29 is 9.47 Å². The first-order valence-corrected chi connectivity index (χ1v) is 6.25. The Labute approximate surface area is 108 Å². The maximum atomic E-state index is 6.16. The van der Waals surface area contributed by atoms with E-state index in [9.17, 15) is 0 Å². The molecule has 17 heavy (non-hydrogen) atoms. The maximum absolute atomic E-state index is 6.16. The first-order chi connectivity index (χ1) is 8.29. The molecular weight excluding hydrogens is 238 g/mol. The van der Waals surface area contributed by atoms with Gasteiger partial charge < -0.3 is 14.8 Å². The average Bonchev–Trinajstić information content (AvgIpc) is 2.34. The minimum Gasteiger partial charge on any atom is -0.379 e. The molecule has 0 saturated carbocycles. The highest BCUT2D eigenvalue weighted by atomic mass is 35.5. The molecule has 1 unspecified atom stereocenters. The molecule has 0 saturated heterocycles. The molecule has 3 nitrogen and oxygen atoms in total. The summed E-state index contributed by atoms with van der Waals surface area (Å²) in [6, 6.07) is 7.76. The highest BCUT2D eigenvalue weighted by Gasteiger charge is 2.13. The molecule has 1 aromatic carbocycles. The van der Waals surface area contributed by atoms with Crippen LogP contribution in [-0.2, 0) is 9.47 Å². The van der Waals surface area contributed by atoms with E-state index in [0.717, 1.165) is 17.1 Å². The van der Waals surface area contributed by atoms with Crippen LogP contribution in [0, 0.1) is 0 Å². The van der Waals surface area contributed by atoms with Crippen molar-refractivity contribution in [2.45, 2.75) is 13.0 Å². The van der Waals surface area contributed by atoms with E-state index in [-0.39, 0.29) is 6.10 Å². The van der Waals surface area contributed by atoms with Gasteiger partial charge in [0.15, 0.2) is 0 Å². The number of hydrogen-bond donors (Lipinski definition) is 1. The third-order valence-electron chi connectivity index (χ3n) is 2.39. The van der Waals surface area contributed by atoms with E-state index < -0.39 is 0 Å². The third kappa shape index (κ3) is 5.04. The molecule has 0 bridgehead atoms. The van der Waals surface area contributed by atoms with Crippen molar-refractivity contribution in [3.63, 3.8) is 0 Å². The zero-order valence-electron chi connectivity index (χ0n) is 10.4. The van der Waals surface area contributed by atoms with Gasteiger partial charge in [0.1, 0.15) is 0 Å². The van der Waals surface area contributed by atoms with E-state index in [2.05, 4.69) is 5.32 Å². The van der Waals surface area contributed by atoms with E-state index in [4.69, 9.17) is 21.1 Å². The quantitative estimate of drug-likeness (QED) is 0.727. The predicted molar refractivity (Wildman–Crippen MR) is 70.6 cm³/mol. The smallest absolute Gasteiger partial charge is 0.0964 e. The van der Waals surface area contributed by atoms with Gasteiger partial charge in [-0.1, -0.05) is 29.8 Å². The summed E-state index contributed by atoms with van der Waals surface area (Å²) in [6.07, 6.45) is -0.0332. The van der Waals surface area contributed by atoms with E-state index in [0.29, 0.717) is 19.8 Å². The van der Waals surface area contributed by atoms with E-state index >= 15 is 0 Å². The van der Waals surface area contributed by atoms with Gasteiger partial charge in [0, 0.05) is 23.7 Å². The first-order valence-electron chi connectivity index (χ1n) is 5.88. The molecule has 1 N–H and O–H groups in total. The fourth-order valence-corrected chi connectivity index (χ4v) is 1.83. The van der Waals surface area contributed by atoms with Crippen molar-refractivity contribution in [2.75, 3.05) is 33.4 Å². The van der Waals surface area contributed by atoms with E-state index in [1.807, 2.05) is 38.2 Å². The van der Waals surface area contributed by atoms with Crippen LogP contribution < -0.4 is 5.32 Å². The van der Waals surface area contributed by atoms with Crippen LogP contribution in [0.4, 0.5) is 0 Å². The minimum atomic E-state index is -0.0332. The lowest BCUT2D eigenvalue weighted by atomic mass is 10.1. The van der Waals surface area contributed by atoms with Crippen molar-refractivity contribution >= 4 is 11.6 Å². The van der Waals surface area contributed by atoms with Crippen LogP contribution in [0.1, 0.15) is 18.6 Å². The standard InChI is InChI=1S/C13H20ClNO2/c1-3-16-8-9-17-13(10-15-2)11-6-4-5-7-12(11)14/h4-7,13,15H,3,8-10H2,1-2H3. The summed E-state index contributed by atoms with van der Waals surface area (Å²) in [4.78, 5) is 0. The fraction of sp³-hybridized carbons (Fsp3) is 0.538. The van der Waals surface area contributed by atoms with Gasteiger partial charge in [-0.15, -0.1) is 0 Å². The monoisotopic (exact) mass is 257 g/mol. The van der Waals surface area contributed by atoms with E-state index in [1.165, 1.54) is 0 Å². The summed E-state index contributed by atoms with van der Waals surface area (Å²) >= 11 is 6.16. The number of hydrogen-bond acceptors (Lipinski definition) is 3. The molecule has 0 radical (unpaired) electrons. The Morgan fingerprint density at radius 2 is 2.06 bits per heavy atom. The summed E-state index contributed by atoms with van der Waals surface area (Å²) in [7, 11) is 1.90. The second kappa shape index (κ2) is 8.48. The Hall–Kier alpha value is -0.610. The fourth-order valence-electron chi connectivity index (χ4n) is 1.57. The van der Waals surface area contributed by atoms with Crippen LogP contribution in [0.2, 0.25) is 5.02 Å². The summed E-state index contributed by atoms with van der Waals surface area (Å²) < 4.78 is 11.0. The maximum Gasteiger partial charge on any atom is 0.0964 e. The number of benzene rings is 1. The van der Waals surface area contributed by atoms with Crippen LogP contribution in [0.3, 0.4) is 0 Å². The second-order valence-corrected chi connectivity index (χ2v) is 4.04. The van der Waals surface area contributed by atoms with Crippen molar-refractivity contribution in [3.05, 3.63) is 34.9 Å². The molecule has 96 valence electrons. The summed E-state index contributed by atoms with van der Waals surface area (Å²) in [5.74, 6) is 0. The van der Waals surface area contributed by atoms with Gasteiger partial charge in [-0.05, 0) is 20.0 Å². The molecule has 0 aliphatic rings. The van der Waals surface area contributed by atoms with Crippen LogP contribution in [0.15, 0.2) is 24.3 Å². The average molecular weight is 258 g/mol. The van der Waals surface area contributed by atoms with Crippen LogP contribution >= 0.6 is 11.6 Å². The van der Waals surface area contributed by atoms with Crippen molar-refractivity contribution in [3.8, 4) is 0 Å². The highest BCUT2D eigenvalue weighted by molar-refractivity contribution is 6.31. The topological polar surface area (TPSA) is 30.5 Å². The van der Waals surface area contributed by atoms with Gasteiger partial charge >= 0.3 is 0 Å². The zero-order chi connectivity index (χ0) is 12.5. The third-order valence-corrected chi connectivity index (χ3v) is 2.74. The lowest BCUT2D eigenvalue weighted by Crippen LogP contribution is -2.21. The molecular formula is C13H20ClNO2. The van der Waals surface area contributed by atoms with Crippen molar-refractivity contribution in [2.24, 2.45) is 0 Å². The largest absolute Gasteiger partial charge is 0.379 e. The van der Waals surface area contributed by atoms with Crippen LogP contribution in [0.5, 0.6) is 0 Å². The minimum absolute atomic E-state index is 0.0332. The number of ether oxygens (including phenoxy) is 2. The Kier molecular flexibility index (Phi) is 7.21. The van der Waals surface area contributed by atoms with Crippen LogP contribution in [-0.4, -0.2) is 33.4 Å². The number of halogens is 1. The Balaban J connectivity index is 2.56. The van der Waals surface area contributed by atoms with E-state index in [1.54, 1.807) is 0 Å². The normalized spacial score (nSPS) is 12.6. The molecule has 0 aliphatic heterocycles. The molecule has 0 aromatic heterocycles. The lowest BCUT2D eigenvalue weighted by Gasteiger charge is -2.19. The lowest BCUT2D eigenvalue weighted by molar-refractivity contribution is 0.00765. The van der Waals surface area contributed by atoms with Gasteiger partial charge in [-0.2, -0.15) is 0 Å². The summed E-state index contributed by atoms with van der Waals surface area (Å²) in [5.41, 5.74) is 1.01. The van der Waals surface area contributed by atoms with Crippen molar-refractivity contribution in [1.29, 1.82) is 0 Å². The number of likely N-dealkylation sites (N-methyl/N-ethyl adjacent to an activating group) is 1. The molecule has 1 aromatic rings. The molecule has 0 heterocycles. The highest BCUT2D eigenvalue weighted by Crippen LogP contribution is 2.24. The van der Waals surface area contributed by atoms with Gasteiger partial charge in [0.25, 0.3) is 0 Å². The second-order valence-electron chi connectivity index (χ2n) is 3.64. The SMILES string of the molecule is CCOCCOC(CNC)c1ccccc1Cl. The molecule has 0 amide bonds. The predicted octanol–water partition coefficient (Wildman–Crippen LogP) is 2.65. The summed E-state index contributed by atoms with van der Waals surface area (Å²) in [6.45, 7) is 4.60.